The first-order valence-electron chi connectivity index (χ1n) is 7.32. The van der Waals surface area contributed by atoms with E-state index in [2.05, 4.69) is 58.5 Å². The van der Waals surface area contributed by atoms with E-state index in [4.69, 9.17) is 0 Å². The summed E-state index contributed by atoms with van der Waals surface area (Å²) in [6.07, 6.45) is 2.43. The summed E-state index contributed by atoms with van der Waals surface area (Å²) in [5.41, 5.74) is 4.37. The van der Waals surface area contributed by atoms with Gasteiger partial charge in [-0.05, 0) is 46.9 Å². The number of hydrogen-bond donors (Lipinski definition) is 1. The highest BCUT2D eigenvalue weighted by Crippen LogP contribution is 2.32. The largest absolute Gasteiger partial charge is 0.305 e. The van der Waals surface area contributed by atoms with Crippen LogP contribution in [0.4, 0.5) is 0 Å². The minimum Gasteiger partial charge on any atom is -0.305 e. The van der Waals surface area contributed by atoms with Crippen LogP contribution in [0.3, 0.4) is 0 Å². The fourth-order valence-electron chi connectivity index (χ4n) is 3.04. The quantitative estimate of drug-likeness (QED) is 0.693. The fraction of sp³-hybridized carbons (Fsp3) is 0.222. The Hall–Kier alpha value is -1.42. The van der Waals surface area contributed by atoms with Gasteiger partial charge in [0.1, 0.15) is 0 Å². The second kappa shape index (κ2) is 5.76. The van der Waals surface area contributed by atoms with E-state index >= 15 is 0 Å². The normalized spacial score (nSPS) is 17.0. The number of rotatable bonds is 4. The van der Waals surface area contributed by atoms with Gasteiger partial charge in [-0.3, -0.25) is 0 Å². The molecular weight excluding hydrogens is 294 g/mol. The summed E-state index contributed by atoms with van der Waals surface area (Å²) in [5, 5.41) is 8.14. The second-order valence-electron chi connectivity index (χ2n) is 5.45. The number of hydrogen-bond acceptors (Lipinski definition) is 3. The lowest BCUT2D eigenvalue weighted by Gasteiger charge is -2.13. The van der Waals surface area contributed by atoms with Gasteiger partial charge in [-0.15, -0.1) is 22.7 Å². The minimum atomic E-state index is 0.522. The molecule has 106 valence electrons. The van der Waals surface area contributed by atoms with Crippen LogP contribution in [0.15, 0.2) is 53.2 Å². The van der Waals surface area contributed by atoms with Gasteiger partial charge in [0.05, 0.1) is 0 Å². The highest BCUT2D eigenvalue weighted by molar-refractivity contribution is 7.14. The SMILES string of the molecule is c1csc(-c2csc(CNC3CCc4ccccc43)c2)c1. The number of nitrogens with one attached hydrogen (secondary N) is 1. The molecule has 2 aromatic heterocycles. The zero-order chi connectivity index (χ0) is 14.1. The van der Waals surface area contributed by atoms with Gasteiger partial charge in [-0.25, -0.2) is 0 Å². The highest BCUT2D eigenvalue weighted by atomic mass is 32.1. The third-order valence-corrected chi connectivity index (χ3v) is 5.97. The van der Waals surface area contributed by atoms with Crippen molar-refractivity contribution in [1.82, 2.24) is 5.32 Å². The molecule has 0 saturated carbocycles. The minimum absolute atomic E-state index is 0.522. The van der Waals surface area contributed by atoms with E-state index in [0.29, 0.717) is 6.04 Å². The molecule has 1 N–H and O–H groups in total. The van der Waals surface area contributed by atoms with Gasteiger partial charge in [0.2, 0.25) is 0 Å². The molecule has 4 rings (SSSR count). The molecule has 2 heterocycles. The lowest BCUT2D eigenvalue weighted by atomic mass is 10.1. The van der Waals surface area contributed by atoms with Gasteiger partial charge in [0.25, 0.3) is 0 Å². The molecule has 0 aliphatic heterocycles. The van der Waals surface area contributed by atoms with E-state index in [1.165, 1.54) is 39.3 Å². The zero-order valence-electron chi connectivity index (χ0n) is 11.7. The summed E-state index contributed by atoms with van der Waals surface area (Å²) >= 11 is 3.67. The van der Waals surface area contributed by atoms with Crippen molar-refractivity contribution in [2.75, 3.05) is 0 Å². The maximum atomic E-state index is 3.73. The summed E-state index contributed by atoms with van der Waals surface area (Å²) in [4.78, 5) is 2.78. The van der Waals surface area contributed by atoms with E-state index in [1.54, 1.807) is 0 Å². The Labute approximate surface area is 133 Å². The summed E-state index contributed by atoms with van der Waals surface area (Å²) in [6, 6.07) is 16.0. The standard InChI is InChI=1S/C18H17NS2/c1-2-5-16-13(4-1)7-8-17(16)19-11-15-10-14(12-21-15)18-6-3-9-20-18/h1-6,9-10,12,17,19H,7-8,11H2. The number of benzene rings is 1. The van der Waals surface area contributed by atoms with Crippen molar-refractivity contribution in [2.24, 2.45) is 0 Å². The summed E-state index contributed by atoms with van der Waals surface area (Å²) in [5.74, 6) is 0. The van der Waals surface area contributed by atoms with E-state index in [0.717, 1.165) is 6.54 Å². The molecule has 1 nitrogen and oxygen atoms in total. The molecule has 1 unspecified atom stereocenters. The molecule has 0 spiro atoms. The van der Waals surface area contributed by atoms with Gasteiger partial charge in [-0.1, -0.05) is 30.3 Å². The third kappa shape index (κ3) is 2.69. The van der Waals surface area contributed by atoms with Crippen LogP contribution in [0.25, 0.3) is 10.4 Å². The van der Waals surface area contributed by atoms with Crippen molar-refractivity contribution < 1.29 is 0 Å². The third-order valence-electron chi connectivity index (χ3n) is 4.12. The van der Waals surface area contributed by atoms with Gasteiger partial charge >= 0.3 is 0 Å². The fourth-order valence-corrected chi connectivity index (χ4v) is 4.66. The first kappa shape index (κ1) is 13.3. The van der Waals surface area contributed by atoms with Crippen molar-refractivity contribution in [1.29, 1.82) is 0 Å². The monoisotopic (exact) mass is 311 g/mol. The van der Waals surface area contributed by atoms with Crippen molar-refractivity contribution in [3.05, 3.63) is 69.2 Å². The second-order valence-corrected chi connectivity index (χ2v) is 7.39. The Morgan fingerprint density at radius 2 is 2.05 bits per heavy atom. The van der Waals surface area contributed by atoms with Crippen LogP contribution >= 0.6 is 22.7 Å². The predicted octanol–water partition coefficient (Wildman–Crippen LogP) is 5.25. The van der Waals surface area contributed by atoms with E-state index < -0.39 is 0 Å². The maximum Gasteiger partial charge on any atom is 0.0351 e. The average molecular weight is 311 g/mol. The Morgan fingerprint density at radius 1 is 1.10 bits per heavy atom. The summed E-state index contributed by atoms with van der Waals surface area (Å²) in [7, 11) is 0. The van der Waals surface area contributed by atoms with Crippen LogP contribution in [0.2, 0.25) is 0 Å². The lowest BCUT2D eigenvalue weighted by molar-refractivity contribution is 0.533. The molecule has 21 heavy (non-hydrogen) atoms. The van der Waals surface area contributed by atoms with Gasteiger partial charge in [-0.2, -0.15) is 0 Å². The molecule has 3 aromatic rings. The van der Waals surface area contributed by atoms with Crippen LogP contribution in [-0.2, 0) is 13.0 Å². The van der Waals surface area contributed by atoms with Crippen LogP contribution in [-0.4, -0.2) is 0 Å². The predicted molar refractivity (Wildman–Crippen MR) is 92.0 cm³/mol. The topological polar surface area (TPSA) is 12.0 Å². The zero-order valence-corrected chi connectivity index (χ0v) is 13.3. The smallest absolute Gasteiger partial charge is 0.0351 e. The molecule has 0 bridgehead atoms. The Kier molecular flexibility index (Phi) is 3.63. The van der Waals surface area contributed by atoms with Crippen molar-refractivity contribution in [2.45, 2.75) is 25.4 Å². The number of thiophene rings is 2. The average Bonchev–Trinajstić information content (AvgIpc) is 3.25. The molecule has 0 fully saturated rings. The van der Waals surface area contributed by atoms with Crippen LogP contribution in [0, 0.1) is 0 Å². The molecule has 1 aliphatic carbocycles. The van der Waals surface area contributed by atoms with Gasteiger partial charge in [0.15, 0.2) is 0 Å². The Balaban J connectivity index is 1.44. The highest BCUT2D eigenvalue weighted by Gasteiger charge is 2.21. The van der Waals surface area contributed by atoms with Gasteiger partial charge < -0.3 is 5.32 Å². The van der Waals surface area contributed by atoms with Crippen molar-refractivity contribution in [3.63, 3.8) is 0 Å². The molecule has 1 aromatic carbocycles. The Morgan fingerprint density at radius 3 is 2.95 bits per heavy atom. The first-order chi connectivity index (χ1) is 10.4. The molecule has 0 radical (unpaired) electrons. The lowest BCUT2D eigenvalue weighted by Crippen LogP contribution is -2.17. The van der Waals surface area contributed by atoms with Crippen LogP contribution in [0.1, 0.15) is 28.5 Å². The van der Waals surface area contributed by atoms with Crippen LogP contribution < -0.4 is 5.32 Å². The first-order valence-corrected chi connectivity index (χ1v) is 9.08. The maximum absolute atomic E-state index is 3.73. The summed E-state index contributed by atoms with van der Waals surface area (Å²) in [6.45, 7) is 0.967. The number of fused-ring (bicyclic) bond motifs is 1. The van der Waals surface area contributed by atoms with Crippen molar-refractivity contribution in [3.8, 4) is 10.4 Å². The molecule has 3 heteroatoms. The number of aryl methyl sites for hydroxylation is 1. The summed E-state index contributed by atoms with van der Waals surface area (Å²) < 4.78 is 0. The van der Waals surface area contributed by atoms with Crippen LogP contribution in [0.5, 0.6) is 0 Å². The van der Waals surface area contributed by atoms with E-state index in [1.807, 2.05) is 22.7 Å². The van der Waals surface area contributed by atoms with Crippen molar-refractivity contribution >= 4 is 22.7 Å². The molecule has 0 saturated heterocycles. The van der Waals surface area contributed by atoms with E-state index in [9.17, 15) is 0 Å². The molecule has 1 aliphatic rings. The molecule has 1 atom stereocenters. The van der Waals surface area contributed by atoms with E-state index in [-0.39, 0.29) is 0 Å². The van der Waals surface area contributed by atoms with Gasteiger partial charge in [0, 0.05) is 27.9 Å². The molecule has 0 amide bonds. The molecular formula is C18H17NS2. The Bertz CT molecular complexity index is 727.